The number of hydrogen-bond donors (Lipinski definition) is 1. The summed E-state index contributed by atoms with van der Waals surface area (Å²) < 4.78 is 37.6. The summed E-state index contributed by atoms with van der Waals surface area (Å²) in [5.74, 6) is -1.45. The average molecular weight is 492 g/mol. The summed E-state index contributed by atoms with van der Waals surface area (Å²) in [6, 6.07) is 7.27. The second-order valence-corrected chi connectivity index (χ2v) is 9.59. The van der Waals surface area contributed by atoms with Crippen LogP contribution < -0.4 is 10.1 Å². The predicted octanol–water partition coefficient (Wildman–Crippen LogP) is 3.21. The number of hydrogen-bond acceptors (Lipinski definition) is 8. The smallest absolute Gasteiger partial charge is 0.338 e. The van der Waals surface area contributed by atoms with Crippen molar-refractivity contribution in [3.8, 4) is 5.75 Å². The molecule has 34 heavy (non-hydrogen) atoms. The van der Waals surface area contributed by atoms with Gasteiger partial charge in [0.1, 0.15) is 5.75 Å². The number of esters is 1. The van der Waals surface area contributed by atoms with E-state index >= 15 is 0 Å². The molecule has 1 saturated heterocycles. The van der Waals surface area contributed by atoms with Crippen molar-refractivity contribution in [3.05, 3.63) is 57.6 Å². The van der Waals surface area contributed by atoms with Gasteiger partial charge in [-0.15, -0.1) is 0 Å². The molecule has 0 atom stereocenters. The number of ether oxygens (including phenoxy) is 2. The quantitative estimate of drug-likeness (QED) is 0.353. The van der Waals surface area contributed by atoms with Crippen molar-refractivity contribution >= 4 is 33.3 Å². The number of nitro groups is 1. The highest BCUT2D eigenvalue weighted by atomic mass is 32.2. The topological polar surface area (TPSA) is 145 Å². The number of nitro benzene ring substituents is 1. The Kier molecular flexibility index (Phi) is 7.84. The first kappa shape index (κ1) is 25.1. The third-order valence-electron chi connectivity index (χ3n) is 5.43. The Morgan fingerprint density at radius 3 is 2.24 bits per heavy atom. The van der Waals surface area contributed by atoms with Gasteiger partial charge in [-0.2, -0.15) is 4.31 Å². The molecule has 2 aromatic carbocycles. The number of nitrogens with zero attached hydrogens (tertiary/aromatic N) is 2. The maximum absolute atomic E-state index is 13.2. The summed E-state index contributed by atoms with van der Waals surface area (Å²) in [6.45, 7) is 0.833. The number of sulfonamides is 1. The molecule has 0 spiro atoms. The van der Waals surface area contributed by atoms with Crippen LogP contribution >= 0.6 is 0 Å². The highest BCUT2D eigenvalue weighted by molar-refractivity contribution is 7.89. The van der Waals surface area contributed by atoms with Crippen molar-refractivity contribution in [2.75, 3.05) is 32.6 Å². The number of rotatable bonds is 7. The van der Waals surface area contributed by atoms with Crippen LogP contribution in [0.4, 0.5) is 11.4 Å². The number of anilines is 1. The summed E-state index contributed by atoms with van der Waals surface area (Å²) in [7, 11) is -1.33. The molecular weight excluding hydrogens is 466 g/mol. The second kappa shape index (κ2) is 10.6. The van der Waals surface area contributed by atoms with Crippen molar-refractivity contribution in [1.82, 2.24) is 4.31 Å². The van der Waals surface area contributed by atoms with Gasteiger partial charge in [-0.1, -0.05) is 12.8 Å². The molecule has 182 valence electrons. The fourth-order valence-electron chi connectivity index (χ4n) is 3.65. The van der Waals surface area contributed by atoms with Gasteiger partial charge in [-0.05, 0) is 37.1 Å². The van der Waals surface area contributed by atoms with Crippen molar-refractivity contribution in [2.45, 2.75) is 30.6 Å². The SMILES string of the molecule is COC(=O)c1cc(C(=O)Nc2cc(S(=O)(=O)N3CCCCCC3)ccc2OC)cc([N+](=O)[O-])c1. The zero-order chi connectivity index (χ0) is 24.9. The van der Waals surface area contributed by atoms with Gasteiger partial charge in [-0.25, -0.2) is 13.2 Å². The van der Waals surface area contributed by atoms with Crippen LogP contribution in [0.25, 0.3) is 0 Å². The maximum atomic E-state index is 13.2. The molecule has 0 unspecified atom stereocenters. The van der Waals surface area contributed by atoms with E-state index < -0.39 is 32.5 Å². The molecule has 2 aromatic rings. The number of methoxy groups -OCH3 is 2. The summed E-state index contributed by atoms with van der Waals surface area (Å²) in [6.07, 6.45) is 3.47. The first-order valence-corrected chi connectivity index (χ1v) is 12.0. The van der Waals surface area contributed by atoms with Crippen LogP contribution in [0, 0.1) is 10.1 Å². The van der Waals surface area contributed by atoms with Gasteiger partial charge in [0.05, 0.1) is 35.3 Å². The highest BCUT2D eigenvalue weighted by Crippen LogP contribution is 2.30. The predicted molar refractivity (Wildman–Crippen MR) is 123 cm³/mol. The molecule has 1 heterocycles. The molecular formula is C22H25N3O8S. The highest BCUT2D eigenvalue weighted by Gasteiger charge is 2.27. The molecule has 0 aliphatic carbocycles. The third-order valence-corrected chi connectivity index (χ3v) is 7.33. The summed E-state index contributed by atoms with van der Waals surface area (Å²) in [4.78, 5) is 35.3. The molecule has 1 N–H and O–H groups in total. The monoisotopic (exact) mass is 491 g/mol. The molecule has 0 bridgehead atoms. The standard InChI is InChI=1S/C22H25N3O8S/c1-32-20-8-7-18(34(30,31)24-9-5-3-4-6-10-24)14-19(20)23-21(26)15-11-16(22(27)33-2)13-17(12-15)25(28)29/h7-8,11-14H,3-6,9-10H2,1-2H3,(H,23,26). The van der Waals surface area contributed by atoms with Crippen LogP contribution in [0.3, 0.4) is 0 Å². The van der Waals surface area contributed by atoms with Crippen LogP contribution in [0.1, 0.15) is 46.4 Å². The first-order valence-electron chi connectivity index (χ1n) is 10.5. The van der Waals surface area contributed by atoms with E-state index in [0.29, 0.717) is 13.1 Å². The van der Waals surface area contributed by atoms with Crippen LogP contribution in [-0.2, 0) is 14.8 Å². The third kappa shape index (κ3) is 5.51. The van der Waals surface area contributed by atoms with Crippen LogP contribution in [0.2, 0.25) is 0 Å². The Bertz CT molecular complexity index is 1200. The van der Waals surface area contributed by atoms with Gasteiger partial charge in [-0.3, -0.25) is 14.9 Å². The van der Waals surface area contributed by atoms with Gasteiger partial charge >= 0.3 is 5.97 Å². The second-order valence-electron chi connectivity index (χ2n) is 7.65. The number of amides is 1. The minimum Gasteiger partial charge on any atom is -0.495 e. The number of benzene rings is 2. The van der Waals surface area contributed by atoms with Gasteiger partial charge in [0.25, 0.3) is 11.6 Å². The molecule has 11 nitrogen and oxygen atoms in total. The number of non-ortho nitro benzene ring substituents is 1. The Morgan fingerprint density at radius 2 is 1.65 bits per heavy atom. The largest absolute Gasteiger partial charge is 0.495 e. The molecule has 1 amide bonds. The van der Waals surface area contributed by atoms with E-state index in [4.69, 9.17) is 4.74 Å². The lowest BCUT2D eigenvalue weighted by Crippen LogP contribution is -2.32. The van der Waals surface area contributed by atoms with E-state index in [1.165, 1.54) is 29.6 Å². The fourth-order valence-corrected chi connectivity index (χ4v) is 5.20. The molecule has 0 aromatic heterocycles. The first-order chi connectivity index (χ1) is 16.2. The number of carbonyl (C=O) groups excluding carboxylic acids is 2. The van der Waals surface area contributed by atoms with Gasteiger partial charge in [0.2, 0.25) is 10.0 Å². The molecule has 1 aliphatic rings. The minimum absolute atomic E-state index is 0.0141. The summed E-state index contributed by atoms with van der Waals surface area (Å²) in [5, 5.41) is 13.8. The van der Waals surface area contributed by atoms with E-state index in [1.807, 2.05) is 0 Å². The van der Waals surface area contributed by atoms with Crippen molar-refractivity contribution in [2.24, 2.45) is 0 Å². The van der Waals surface area contributed by atoms with E-state index in [-0.39, 0.29) is 27.5 Å². The maximum Gasteiger partial charge on any atom is 0.338 e. The fraction of sp³-hybridized carbons (Fsp3) is 0.364. The molecule has 1 aliphatic heterocycles. The molecule has 0 radical (unpaired) electrons. The number of carbonyl (C=O) groups is 2. The minimum atomic E-state index is -3.80. The number of nitrogens with one attached hydrogen (secondary N) is 1. The average Bonchev–Trinajstić information content (AvgIpc) is 3.13. The van der Waals surface area contributed by atoms with Crippen LogP contribution in [-0.4, -0.2) is 56.8 Å². The lowest BCUT2D eigenvalue weighted by molar-refractivity contribution is -0.384. The lowest BCUT2D eigenvalue weighted by Gasteiger charge is -2.21. The Labute approximate surface area is 196 Å². The zero-order valence-corrected chi connectivity index (χ0v) is 19.6. The van der Waals surface area contributed by atoms with Crippen molar-refractivity contribution in [3.63, 3.8) is 0 Å². The molecule has 1 fully saturated rings. The van der Waals surface area contributed by atoms with E-state index in [2.05, 4.69) is 10.1 Å². The van der Waals surface area contributed by atoms with Gasteiger partial charge < -0.3 is 14.8 Å². The molecule has 0 saturated carbocycles. The molecule has 3 rings (SSSR count). The lowest BCUT2D eigenvalue weighted by atomic mass is 10.1. The van der Waals surface area contributed by atoms with Gasteiger partial charge in [0.15, 0.2) is 0 Å². The van der Waals surface area contributed by atoms with Crippen LogP contribution in [0.5, 0.6) is 5.75 Å². The summed E-state index contributed by atoms with van der Waals surface area (Å²) >= 11 is 0. The zero-order valence-electron chi connectivity index (χ0n) is 18.8. The summed E-state index contributed by atoms with van der Waals surface area (Å²) in [5.41, 5.74) is -0.768. The van der Waals surface area contributed by atoms with Crippen molar-refractivity contribution < 1.29 is 32.4 Å². The van der Waals surface area contributed by atoms with Crippen molar-refractivity contribution in [1.29, 1.82) is 0 Å². The Morgan fingerprint density at radius 1 is 1.00 bits per heavy atom. The normalized spacial score (nSPS) is 14.6. The van der Waals surface area contributed by atoms with E-state index in [1.54, 1.807) is 0 Å². The molecule has 12 heteroatoms. The van der Waals surface area contributed by atoms with E-state index in [0.717, 1.165) is 51.0 Å². The van der Waals surface area contributed by atoms with Gasteiger partial charge in [0, 0.05) is 30.8 Å². The van der Waals surface area contributed by atoms with Crippen LogP contribution in [0.15, 0.2) is 41.3 Å². The Balaban J connectivity index is 1.96. The Hall–Kier alpha value is -3.51. The van der Waals surface area contributed by atoms with E-state index in [9.17, 15) is 28.1 Å².